The van der Waals surface area contributed by atoms with Crippen LogP contribution in [0.25, 0.3) is 0 Å². The fraction of sp³-hybridized carbons (Fsp3) is 0.889. The Hall–Kier alpha value is -0.620. The highest BCUT2D eigenvalue weighted by atomic mass is 32.2. The lowest BCUT2D eigenvalue weighted by atomic mass is 10.2. The van der Waals surface area contributed by atoms with Crippen LogP contribution in [0.15, 0.2) is 0 Å². The number of rotatable bonds is 3. The number of carbonyl (C=O) groups excluding carboxylic acids is 1. The first-order chi connectivity index (χ1) is 7.06. The van der Waals surface area contributed by atoms with Crippen molar-refractivity contribution < 1.29 is 17.9 Å². The Balaban J connectivity index is 2.62. The van der Waals surface area contributed by atoms with E-state index in [1.54, 1.807) is 0 Å². The van der Waals surface area contributed by atoms with E-state index in [9.17, 15) is 13.2 Å². The molecule has 1 aliphatic heterocycles. The van der Waals surface area contributed by atoms with E-state index in [1.165, 1.54) is 11.4 Å². The van der Waals surface area contributed by atoms with Gasteiger partial charge >= 0.3 is 5.97 Å². The van der Waals surface area contributed by atoms with Crippen molar-refractivity contribution in [1.29, 1.82) is 0 Å². The van der Waals surface area contributed by atoms with Crippen molar-refractivity contribution in [1.82, 2.24) is 4.31 Å². The summed E-state index contributed by atoms with van der Waals surface area (Å²) < 4.78 is 29.2. The van der Waals surface area contributed by atoms with E-state index < -0.39 is 21.7 Å². The molecule has 0 unspecified atom stereocenters. The average molecular weight is 235 g/mol. The van der Waals surface area contributed by atoms with Gasteiger partial charge in [-0.15, -0.1) is 0 Å². The standard InChI is InChI=1S/C9H17NO4S/c1-14-9(11)8-15(12,13)10-6-4-2-3-5-7-10/h2-8H2,1H3. The first-order valence-electron chi connectivity index (χ1n) is 5.11. The third kappa shape index (κ3) is 3.79. The Kier molecular flexibility index (Phi) is 4.53. The largest absolute Gasteiger partial charge is 0.468 e. The number of esters is 1. The number of hydrogen-bond acceptors (Lipinski definition) is 4. The fourth-order valence-electron chi connectivity index (χ4n) is 1.62. The quantitative estimate of drug-likeness (QED) is 0.663. The second kappa shape index (κ2) is 5.46. The van der Waals surface area contributed by atoms with E-state index in [4.69, 9.17) is 0 Å². The van der Waals surface area contributed by atoms with Gasteiger partial charge in [-0.3, -0.25) is 4.79 Å². The molecule has 15 heavy (non-hydrogen) atoms. The lowest BCUT2D eigenvalue weighted by Crippen LogP contribution is -2.36. The highest BCUT2D eigenvalue weighted by molar-refractivity contribution is 7.89. The topological polar surface area (TPSA) is 63.7 Å². The summed E-state index contributed by atoms with van der Waals surface area (Å²) in [5, 5.41) is 0. The maximum atomic E-state index is 11.7. The summed E-state index contributed by atoms with van der Waals surface area (Å²) in [5.41, 5.74) is 0. The number of nitrogens with zero attached hydrogens (tertiary/aromatic N) is 1. The van der Waals surface area contributed by atoms with Crippen LogP contribution in [0.4, 0.5) is 0 Å². The molecule has 88 valence electrons. The molecule has 0 aromatic heterocycles. The lowest BCUT2D eigenvalue weighted by Gasteiger charge is -2.18. The molecule has 1 heterocycles. The molecule has 0 N–H and O–H groups in total. The highest BCUT2D eigenvalue weighted by Crippen LogP contribution is 2.13. The molecule has 0 aromatic carbocycles. The van der Waals surface area contributed by atoms with Gasteiger partial charge in [0.25, 0.3) is 0 Å². The maximum absolute atomic E-state index is 11.7. The van der Waals surface area contributed by atoms with Crippen molar-refractivity contribution in [3.63, 3.8) is 0 Å². The van der Waals surface area contributed by atoms with Crippen molar-refractivity contribution in [2.75, 3.05) is 26.0 Å². The van der Waals surface area contributed by atoms with Crippen molar-refractivity contribution in [2.24, 2.45) is 0 Å². The van der Waals surface area contributed by atoms with E-state index >= 15 is 0 Å². The fourth-order valence-corrected chi connectivity index (χ4v) is 3.03. The minimum atomic E-state index is -3.46. The van der Waals surface area contributed by atoms with Gasteiger partial charge < -0.3 is 4.74 Å². The Bertz CT molecular complexity index is 304. The van der Waals surface area contributed by atoms with Gasteiger partial charge in [0, 0.05) is 13.1 Å². The summed E-state index contributed by atoms with van der Waals surface area (Å²) >= 11 is 0. The van der Waals surface area contributed by atoms with E-state index in [2.05, 4.69) is 4.74 Å². The normalized spacial score (nSPS) is 19.5. The van der Waals surface area contributed by atoms with Crippen molar-refractivity contribution in [3.8, 4) is 0 Å². The average Bonchev–Trinajstić information content (AvgIpc) is 2.45. The van der Waals surface area contributed by atoms with Gasteiger partial charge in [0.1, 0.15) is 0 Å². The van der Waals surface area contributed by atoms with Gasteiger partial charge in [-0.05, 0) is 12.8 Å². The number of hydrogen-bond donors (Lipinski definition) is 0. The van der Waals surface area contributed by atoms with Gasteiger partial charge in [-0.1, -0.05) is 12.8 Å². The zero-order chi connectivity index (χ0) is 11.3. The first-order valence-corrected chi connectivity index (χ1v) is 6.72. The summed E-state index contributed by atoms with van der Waals surface area (Å²) in [5.74, 6) is -1.23. The van der Waals surface area contributed by atoms with E-state index in [0.29, 0.717) is 13.1 Å². The van der Waals surface area contributed by atoms with Crippen LogP contribution >= 0.6 is 0 Å². The molecule has 0 spiro atoms. The summed E-state index contributed by atoms with van der Waals surface area (Å²) in [6, 6.07) is 0. The summed E-state index contributed by atoms with van der Waals surface area (Å²) in [4.78, 5) is 10.9. The number of ether oxygens (including phenoxy) is 1. The Morgan fingerprint density at radius 2 is 1.73 bits per heavy atom. The molecule has 0 bridgehead atoms. The molecule has 5 nitrogen and oxygen atoms in total. The highest BCUT2D eigenvalue weighted by Gasteiger charge is 2.26. The van der Waals surface area contributed by atoms with Gasteiger partial charge in [0.15, 0.2) is 5.75 Å². The second-order valence-corrected chi connectivity index (χ2v) is 5.61. The van der Waals surface area contributed by atoms with Crippen molar-refractivity contribution >= 4 is 16.0 Å². The predicted octanol–water partition coefficient (Wildman–Crippen LogP) is 0.365. The van der Waals surface area contributed by atoms with Crippen LogP contribution in [0.1, 0.15) is 25.7 Å². The summed E-state index contributed by atoms with van der Waals surface area (Å²) in [7, 11) is -2.26. The molecular weight excluding hydrogens is 218 g/mol. The van der Waals surface area contributed by atoms with Crippen LogP contribution in [0, 0.1) is 0 Å². The molecule has 0 amide bonds. The third-order valence-electron chi connectivity index (χ3n) is 2.49. The molecule has 0 saturated carbocycles. The van der Waals surface area contributed by atoms with Crippen LogP contribution in [0.3, 0.4) is 0 Å². The van der Waals surface area contributed by atoms with Crippen LogP contribution < -0.4 is 0 Å². The third-order valence-corrected chi connectivity index (χ3v) is 4.24. The molecule has 0 radical (unpaired) electrons. The predicted molar refractivity (Wildman–Crippen MR) is 55.8 cm³/mol. The number of carbonyl (C=O) groups is 1. The van der Waals surface area contributed by atoms with Gasteiger partial charge in [-0.25, -0.2) is 12.7 Å². The molecule has 0 aliphatic carbocycles. The molecule has 6 heteroatoms. The van der Waals surface area contributed by atoms with E-state index in [0.717, 1.165) is 25.7 Å². The minimum absolute atomic E-state index is 0.527. The molecular formula is C9H17NO4S. The molecule has 1 fully saturated rings. The smallest absolute Gasteiger partial charge is 0.322 e. The number of methoxy groups -OCH3 is 1. The van der Waals surface area contributed by atoms with Crippen LogP contribution in [-0.4, -0.2) is 44.6 Å². The molecule has 0 aromatic rings. The first kappa shape index (κ1) is 12.4. The van der Waals surface area contributed by atoms with Gasteiger partial charge in [0.05, 0.1) is 7.11 Å². The van der Waals surface area contributed by atoms with Crippen LogP contribution in [0.5, 0.6) is 0 Å². The summed E-state index contributed by atoms with van der Waals surface area (Å²) in [6.45, 7) is 1.05. The second-order valence-electron chi connectivity index (χ2n) is 3.65. The van der Waals surface area contributed by atoms with Crippen LogP contribution in [0.2, 0.25) is 0 Å². The van der Waals surface area contributed by atoms with Crippen molar-refractivity contribution in [3.05, 3.63) is 0 Å². The van der Waals surface area contributed by atoms with Crippen LogP contribution in [-0.2, 0) is 19.6 Å². The van der Waals surface area contributed by atoms with E-state index in [-0.39, 0.29) is 0 Å². The monoisotopic (exact) mass is 235 g/mol. The minimum Gasteiger partial charge on any atom is -0.468 e. The van der Waals surface area contributed by atoms with E-state index in [1.807, 2.05) is 0 Å². The molecule has 1 saturated heterocycles. The van der Waals surface area contributed by atoms with Crippen molar-refractivity contribution in [2.45, 2.75) is 25.7 Å². The number of sulfonamides is 1. The zero-order valence-corrected chi connectivity index (χ0v) is 9.75. The lowest BCUT2D eigenvalue weighted by molar-refractivity contribution is -0.137. The SMILES string of the molecule is COC(=O)CS(=O)(=O)N1CCCCCC1. The molecule has 0 atom stereocenters. The summed E-state index contributed by atoms with van der Waals surface area (Å²) in [6.07, 6.45) is 3.87. The van der Waals surface area contributed by atoms with Gasteiger partial charge in [0.2, 0.25) is 10.0 Å². The van der Waals surface area contributed by atoms with Gasteiger partial charge in [-0.2, -0.15) is 0 Å². The Morgan fingerprint density at radius 3 is 2.20 bits per heavy atom. The molecule has 1 rings (SSSR count). The Labute approximate surface area is 90.4 Å². The molecule has 1 aliphatic rings. The maximum Gasteiger partial charge on any atom is 0.322 e. The zero-order valence-electron chi connectivity index (χ0n) is 8.94. The Morgan fingerprint density at radius 1 is 1.20 bits per heavy atom.